The molecule has 0 spiro atoms. The summed E-state index contributed by atoms with van der Waals surface area (Å²) in [5.74, 6) is 0. The lowest BCUT2D eigenvalue weighted by atomic mass is 10.1. The number of hydrogen-bond donors (Lipinski definition) is 0. The van der Waals surface area contributed by atoms with Crippen LogP contribution in [-0.4, -0.2) is 24.6 Å². The zero-order chi connectivity index (χ0) is 12.7. The Balaban J connectivity index is 2.68. The van der Waals surface area contributed by atoms with Crippen LogP contribution in [-0.2, 0) is 6.54 Å². The average Bonchev–Trinajstić information content (AvgIpc) is 2.30. The highest BCUT2D eigenvalue weighted by atomic mass is 15.3. The molecular weight excluding hydrogens is 206 g/mol. The number of unbranched alkanes of at least 4 members (excludes halogenated alkanes) is 1. The first kappa shape index (κ1) is 14.0. The van der Waals surface area contributed by atoms with Gasteiger partial charge in [-0.15, -0.1) is 0 Å². The molecule has 1 unspecified atom stereocenters. The van der Waals surface area contributed by atoms with Crippen LogP contribution in [0.1, 0.15) is 31.7 Å². The van der Waals surface area contributed by atoms with Crippen molar-refractivity contribution in [3.8, 4) is 0 Å². The number of likely N-dealkylation sites (N-methyl/N-ethyl adjacent to an activating group) is 1. The van der Waals surface area contributed by atoms with E-state index in [9.17, 15) is 0 Å². The average molecular weight is 232 g/mol. The Morgan fingerprint density at radius 1 is 1.24 bits per heavy atom. The van der Waals surface area contributed by atoms with Crippen molar-refractivity contribution in [2.24, 2.45) is 0 Å². The van der Waals surface area contributed by atoms with E-state index in [1.807, 2.05) is 0 Å². The van der Waals surface area contributed by atoms with Crippen LogP contribution in [0.15, 0.2) is 43.0 Å². The normalized spacial score (nSPS) is 13.4. The van der Waals surface area contributed by atoms with Gasteiger partial charge in [-0.25, -0.2) is 0 Å². The molecule has 17 heavy (non-hydrogen) atoms. The Morgan fingerprint density at radius 2 is 1.88 bits per heavy atom. The van der Waals surface area contributed by atoms with Crippen LogP contribution in [0.3, 0.4) is 0 Å². The first-order valence-electron chi connectivity index (χ1n) is 6.59. The van der Waals surface area contributed by atoms with Crippen LogP contribution in [0.2, 0.25) is 0 Å². The monoisotopic (exact) mass is 232 g/mol. The summed E-state index contributed by atoms with van der Waals surface area (Å²) in [5.41, 5.74) is 1.40. The molecule has 0 fully saturated rings. The SMILES string of the molecule is C=CC(CCCC)[N+](C)(C)Cc1ccccc1. The molecule has 94 valence electrons. The molecule has 0 aliphatic carbocycles. The Bertz CT molecular complexity index is 327. The number of benzene rings is 1. The Morgan fingerprint density at radius 3 is 2.41 bits per heavy atom. The molecule has 0 bridgehead atoms. The van der Waals surface area contributed by atoms with Crippen molar-refractivity contribution >= 4 is 0 Å². The molecule has 0 N–H and O–H groups in total. The summed E-state index contributed by atoms with van der Waals surface area (Å²) >= 11 is 0. The largest absolute Gasteiger partial charge is 0.319 e. The van der Waals surface area contributed by atoms with E-state index in [0.29, 0.717) is 6.04 Å². The summed E-state index contributed by atoms with van der Waals surface area (Å²) in [6.07, 6.45) is 5.90. The topological polar surface area (TPSA) is 0 Å². The number of hydrogen-bond acceptors (Lipinski definition) is 0. The molecule has 0 aliphatic heterocycles. The van der Waals surface area contributed by atoms with Gasteiger partial charge < -0.3 is 4.48 Å². The van der Waals surface area contributed by atoms with Gasteiger partial charge in [0.1, 0.15) is 12.6 Å². The molecule has 1 rings (SSSR count). The maximum Gasteiger partial charge on any atom is 0.107 e. The fourth-order valence-electron chi connectivity index (χ4n) is 2.34. The fourth-order valence-corrected chi connectivity index (χ4v) is 2.34. The third-order valence-electron chi connectivity index (χ3n) is 3.46. The number of nitrogens with zero attached hydrogens (tertiary/aromatic N) is 1. The van der Waals surface area contributed by atoms with Gasteiger partial charge in [-0.05, 0) is 12.5 Å². The first-order valence-corrected chi connectivity index (χ1v) is 6.59. The second kappa shape index (κ2) is 6.61. The Labute approximate surface area is 106 Å². The molecule has 1 nitrogen and oxygen atoms in total. The first-order chi connectivity index (χ1) is 8.10. The van der Waals surface area contributed by atoms with Crippen molar-refractivity contribution in [1.29, 1.82) is 0 Å². The lowest BCUT2D eigenvalue weighted by molar-refractivity contribution is -0.921. The van der Waals surface area contributed by atoms with Crippen LogP contribution >= 0.6 is 0 Å². The number of quaternary nitrogens is 1. The highest BCUT2D eigenvalue weighted by Gasteiger charge is 2.25. The van der Waals surface area contributed by atoms with E-state index in [-0.39, 0.29) is 0 Å². The lowest BCUT2D eigenvalue weighted by Crippen LogP contribution is -2.46. The van der Waals surface area contributed by atoms with Crippen molar-refractivity contribution in [3.05, 3.63) is 48.6 Å². The molecule has 1 aromatic carbocycles. The maximum atomic E-state index is 4.01. The fraction of sp³-hybridized carbons (Fsp3) is 0.500. The molecule has 0 saturated carbocycles. The van der Waals surface area contributed by atoms with Gasteiger partial charge in [-0.3, -0.25) is 0 Å². The summed E-state index contributed by atoms with van der Waals surface area (Å²) in [6.45, 7) is 7.32. The summed E-state index contributed by atoms with van der Waals surface area (Å²) in [4.78, 5) is 0. The van der Waals surface area contributed by atoms with Gasteiger partial charge in [-0.2, -0.15) is 0 Å². The van der Waals surface area contributed by atoms with E-state index >= 15 is 0 Å². The quantitative estimate of drug-likeness (QED) is 0.492. The van der Waals surface area contributed by atoms with Crippen LogP contribution < -0.4 is 0 Å². The molecular formula is C16H26N+. The predicted molar refractivity (Wildman–Crippen MR) is 75.8 cm³/mol. The van der Waals surface area contributed by atoms with Gasteiger partial charge in [0.15, 0.2) is 0 Å². The van der Waals surface area contributed by atoms with E-state index in [1.54, 1.807) is 0 Å². The molecule has 1 heteroatoms. The van der Waals surface area contributed by atoms with Gasteiger partial charge in [0.05, 0.1) is 14.1 Å². The van der Waals surface area contributed by atoms with Gasteiger partial charge >= 0.3 is 0 Å². The molecule has 1 atom stereocenters. The third kappa shape index (κ3) is 4.35. The highest BCUT2D eigenvalue weighted by molar-refractivity contribution is 5.13. The van der Waals surface area contributed by atoms with Crippen molar-refractivity contribution in [2.75, 3.05) is 14.1 Å². The van der Waals surface area contributed by atoms with E-state index in [1.165, 1.54) is 24.8 Å². The lowest BCUT2D eigenvalue weighted by Gasteiger charge is -2.36. The van der Waals surface area contributed by atoms with E-state index in [4.69, 9.17) is 0 Å². The predicted octanol–water partition coefficient (Wildman–Crippen LogP) is 4.01. The Kier molecular flexibility index (Phi) is 5.43. The smallest absolute Gasteiger partial charge is 0.107 e. The Hall–Kier alpha value is -1.08. The molecule has 0 heterocycles. The minimum atomic E-state index is 0.551. The number of rotatable bonds is 7. The van der Waals surface area contributed by atoms with Crippen LogP contribution in [0.5, 0.6) is 0 Å². The van der Waals surface area contributed by atoms with Gasteiger partial charge in [-0.1, -0.05) is 50.3 Å². The van der Waals surface area contributed by atoms with E-state index in [2.05, 4.69) is 64.0 Å². The van der Waals surface area contributed by atoms with Crippen molar-refractivity contribution in [1.82, 2.24) is 0 Å². The summed E-state index contributed by atoms with van der Waals surface area (Å²) < 4.78 is 0.994. The van der Waals surface area contributed by atoms with Gasteiger partial charge in [0.2, 0.25) is 0 Å². The molecule has 0 aromatic heterocycles. The molecule has 0 saturated heterocycles. The molecule has 0 radical (unpaired) electrons. The van der Waals surface area contributed by atoms with Crippen molar-refractivity contribution < 1.29 is 4.48 Å². The summed E-state index contributed by atoms with van der Waals surface area (Å²) in [6, 6.07) is 11.3. The van der Waals surface area contributed by atoms with Crippen LogP contribution in [0.25, 0.3) is 0 Å². The van der Waals surface area contributed by atoms with Crippen LogP contribution in [0.4, 0.5) is 0 Å². The zero-order valence-electron chi connectivity index (χ0n) is 11.5. The zero-order valence-corrected chi connectivity index (χ0v) is 11.5. The van der Waals surface area contributed by atoms with E-state index < -0.39 is 0 Å². The molecule has 1 aromatic rings. The van der Waals surface area contributed by atoms with Gasteiger partial charge in [0, 0.05) is 12.0 Å². The second-order valence-electron chi connectivity index (χ2n) is 5.37. The third-order valence-corrected chi connectivity index (χ3v) is 3.46. The maximum absolute atomic E-state index is 4.01. The summed E-state index contributed by atoms with van der Waals surface area (Å²) in [5, 5.41) is 0. The standard InChI is InChI=1S/C16H26N/c1-5-7-13-16(6-2)17(3,4)14-15-11-9-8-10-12-15/h6,8-12,16H,2,5,7,13-14H2,1,3-4H3/q+1. The minimum Gasteiger partial charge on any atom is -0.319 e. The van der Waals surface area contributed by atoms with Crippen LogP contribution in [0, 0.1) is 0 Å². The van der Waals surface area contributed by atoms with Crippen molar-refractivity contribution in [2.45, 2.75) is 38.8 Å². The highest BCUT2D eigenvalue weighted by Crippen LogP contribution is 2.19. The van der Waals surface area contributed by atoms with Crippen molar-refractivity contribution in [3.63, 3.8) is 0 Å². The molecule has 0 aliphatic rings. The molecule has 0 amide bonds. The van der Waals surface area contributed by atoms with E-state index in [0.717, 1.165) is 11.0 Å². The second-order valence-corrected chi connectivity index (χ2v) is 5.37. The summed E-state index contributed by atoms with van der Waals surface area (Å²) in [7, 11) is 4.60. The van der Waals surface area contributed by atoms with Gasteiger partial charge in [0.25, 0.3) is 0 Å². The minimum absolute atomic E-state index is 0.551.